The second-order valence-electron chi connectivity index (χ2n) is 6.80. The van der Waals surface area contributed by atoms with Gasteiger partial charge in [0, 0.05) is 23.6 Å². The molecule has 0 aliphatic heterocycles. The van der Waals surface area contributed by atoms with E-state index in [1.165, 1.54) is 0 Å². The van der Waals surface area contributed by atoms with E-state index in [2.05, 4.69) is 5.32 Å². The lowest BCUT2D eigenvalue weighted by Gasteiger charge is -2.19. The van der Waals surface area contributed by atoms with Crippen LogP contribution in [-0.2, 0) is 4.74 Å². The number of benzene rings is 1. The van der Waals surface area contributed by atoms with Crippen LogP contribution in [-0.4, -0.2) is 28.9 Å². The van der Waals surface area contributed by atoms with Crippen LogP contribution in [0.4, 0.5) is 10.5 Å². The van der Waals surface area contributed by atoms with Crippen LogP contribution in [0.5, 0.6) is 0 Å². The minimum atomic E-state index is -0.453. The lowest BCUT2D eigenvalue weighted by atomic mass is 10.1. The molecule has 7 heteroatoms. The van der Waals surface area contributed by atoms with E-state index in [-0.39, 0.29) is 16.7 Å². The third-order valence-electron chi connectivity index (χ3n) is 3.31. The molecule has 0 saturated heterocycles. The summed E-state index contributed by atoms with van der Waals surface area (Å²) in [5, 5.41) is 13.3. The number of unbranched alkanes of at least 4 members (excludes halogenated alkanes) is 4. The smallest absolute Gasteiger partial charge is 0.407 e. The molecule has 0 fully saturated rings. The van der Waals surface area contributed by atoms with Crippen LogP contribution in [0.2, 0.25) is 0 Å². The Bertz CT molecular complexity index is 541. The van der Waals surface area contributed by atoms with Crippen molar-refractivity contribution in [1.29, 1.82) is 0 Å². The van der Waals surface area contributed by atoms with E-state index >= 15 is 0 Å². The van der Waals surface area contributed by atoms with Crippen molar-refractivity contribution >= 4 is 23.5 Å². The summed E-state index contributed by atoms with van der Waals surface area (Å²) in [5.74, 6) is 1.01. The maximum absolute atomic E-state index is 11.5. The fraction of sp³-hybridized carbons (Fsp3) is 0.611. The van der Waals surface area contributed by atoms with Crippen molar-refractivity contribution < 1.29 is 14.5 Å². The number of nitro groups is 1. The molecule has 0 aromatic heterocycles. The first kappa shape index (κ1) is 21.3. The van der Waals surface area contributed by atoms with E-state index in [1.807, 2.05) is 20.8 Å². The van der Waals surface area contributed by atoms with Gasteiger partial charge in [0.2, 0.25) is 0 Å². The van der Waals surface area contributed by atoms with Crippen molar-refractivity contribution in [3.8, 4) is 0 Å². The molecule has 140 valence electrons. The van der Waals surface area contributed by atoms with Gasteiger partial charge in [-0.3, -0.25) is 10.1 Å². The SMILES string of the molecule is CC(C)(C)OC(=O)NCCCCCCCSc1ccc([N+](=O)[O-])cc1. The number of nitrogens with zero attached hydrogens (tertiary/aromatic N) is 1. The summed E-state index contributed by atoms with van der Waals surface area (Å²) in [7, 11) is 0. The topological polar surface area (TPSA) is 81.5 Å². The largest absolute Gasteiger partial charge is 0.444 e. The number of non-ortho nitro benzene ring substituents is 1. The van der Waals surface area contributed by atoms with Gasteiger partial charge in [-0.15, -0.1) is 11.8 Å². The monoisotopic (exact) mass is 368 g/mol. The number of hydrogen-bond acceptors (Lipinski definition) is 5. The van der Waals surface area contributed by atoms with E-state index in [0.717, 1.165) is 42.8 Å². The molecule has 1 rings (SSSR count). The molecule has 0 atom stereocenters. The Morgan fingerprint density at radius 2 is 1.72 bits per heavy atom. The molecular formula is C18H28N2O4S. The van der Waals surface area contributed by atoms with E-state index in [9.17, 15) is 14.9 Å². The molecule has 0 aliphatic carbocycles. The highest BCUT2D eigenvalue weighted by Gasteiger charge is 2.15. The first-order valence-corrected chi connectivity index (χ1v) is 9.60. The zero-order chi connectivity index (χ0) is 18.7. The van der Waals surface area contributed by atoms with Crippen molar-refractivity contribution in [3.63, 3.8) is 0 Å². The first-order chi connectivity index (χ1) is 11.8. The van der Waals surface area contributed by atoms with E-state index in [0.29, 0.717) is 6.54 Å². The van der Waals surface area contributed by atoms with Crippen LogP contribution >= 0.6 is 11.8 Å². The maximum Gasteiger partial charge on any atom is 0.407 e. The number of nitro benzene ring substituents is 1. The number of carbonyl (C=O) groups excluding carboxylic acids is 1. The van der Waals surface area contributed by atoms with Gasteiger partial charge in [-0.2, -0.15) is 0 Å². The Kier molecular flexibility index (Phi) is 9.34. The second-order valence-corrected chi connectivity index (χ2v) is 7.96. The standard InChI is InChI=1S/C18H28N2O4S/c1-18(2,3)24-17(21)19-13-7-5-4-6-8-14-25-16-11-9-15(10-12-16)20(22)23/h9-12H,4-8,13-14H2,1-3H3,(H,19,21). The number of hydrogen-bond donors (Lipinski definition) is 1. The lowest BCUT2D eigenvalue weighted by molar-refractivity contribution is -0.384. The number of thioether (sulfide) groups is 1. The van der Waals surface area contributed by atoms with Gasteiger partial charge >= 0.3 is 6.09 Å². The van der Waals surface area contributed by atoms with Gasteiger partial charge in [-0.1, -0.05) is 19.3 Å². The molecule has 1 aromatic rings. The summed E-state index contributed by atoms with van der Waals surface area (Å²) >= 11 is 1.72. The van der Waals surface area contributed by atoms with Crippen molar-refractivity contribution in [3.05, 3.63) is 34.4 Å². The van der Waals surface area contributed by atoms with Crippen LogP contribution in [0.15, 0.2) is 29.2 Å². The van der Waals surface area contributed by atoms with Gasteiger partial charge in [0.05, 0.1) is 4.92 Å². The molecule has 0 bridgehead atoms. The molecule has 0 aliphatic rings. The van der Waals surface area contributed by atoms with Gasteiger partial charge in [0.25, 0.3) is 5.69 Å². The number of nitrogens with one attached hydrogen (secondary N) is 1. The third-order valence-corrected chi connectivity index (χ3v) is 4.40. The fourth-order valence-electron chi connectivity index (χ4n) is 2.12. The molecule has 1 N–H and O–H groups in total. The average Bonchev–Trinajstić information content (AvgIpc) is 2.52. The summed E-state index contributed by atoms with van der Waals surface area (Å²) in [6, 6.07) is 6.68. The number of alkyl carbamates (subject to hydrolysis) is 1. The number of ether oxygens (including phenoxy) is 1. The van der Waals surface area contributed by atoms with Gasteiger partial charge in [0.15, 0.2) is 0 Å². The maximum atomic E-state index is 11.5. The molecule has 0 radical (unpaired) electrons. The van der Waals surface area contributed by atoms with Gasteiger partial charge in [0.1, 0.15) is 5.60 Å². The Balaban J connectivity index is 1.98. The van der Waals surface area contributed by atoms with Gasteiger partial charge < -0.3 is 10.1 Å². The molecule has 0 heterocycles. The zero-order valence-corrected chi connectivity index (χ0v) is 16.1. The van der Waals surface area contributed by atoms with Crippen molar-refractivity contribution in [1.82, 2.24) is 5.32 Å². The van der Waals surface area contributed by atoms with Crippen LogP contribution in [0.3, 0.4) is 0 Å². The molecule has 1 amide bonds. The van der Waals surface area contributed by atoms with E-state index in [4.69, 9.17) is 4.74 Å². The van der Waals surface area contributed by atoms with Gasteiger partial charge in [-0.25, -0.2) is 4.79 Å². The highest BCUT2D eigenvalue weighted by atomic mass is 32.2. The lowest BCUT2D eigenvalue weighted by Crippen LogP contribution is -2.32. The highest BCUT2D eigenvalue weighted by molar-refractivity contribution is 7.99. The van der Waals surface area contributed by atoms with Crippen LogP contribution < -0.4 is 5.32 Å². The number of amides is 1. The Labute approximate surface area is 153 Å². The third kappa shape index (κ3) is 10.7. The van der Waals surface area contributed by atoms with E-state index < -0.39 is 5.60 Å². The summed E-state index contributed by atoms with van der Waals surface area (Å²) in [5.41, 5.74) is -0.324. The number of rotatable bonds is 10. The molecule has 0 unspecified atom stereocenters. The zero-order valence-electron chi connectivity index (χ0n) is 15.2. The Hall–Kier alpha value is -1.76. The van der Waals surface area contributed by atoms with E-state index in [1.54, 1.807) is 36.0 Å². The van der Waals surface area contributed by atoms with Gasteiger partial charge in [-0.05, 0) is 51.5 Å². The number of carbonyl (C=O) groups is 1. The summed E-state index contributed by atoms with van der Waals surface area (Å²) < 4.78 is 5.17. The Morgan fingerprint density at radius 1 is 1.12 bits per heavy atom. The van der Waals surface area contributed by atoms with Crippen LogP contribution in [0.25, 0.3) is 0 Å². The Morgan fingerprint density at radius 3 is 2.32 bits per heavy atom. The van der Waals surface area contributed by atoms with Crippen molar-refractivity contribution in [2.45, 2.75) is 63.4 Å². The van der Waals surface area contributed by atoms with Crippen molar-refractivity contribution in [2.24, 2.45) is 0 Å². The predicted octanol–water partition coefficient (Wildman–Crippen LogP) is 5.16. The minimum absolute atomic E-state index is 0.129. The minimum Gasteiger partial charge on any atom is -0.444 e. The molecule has 0 saturated carbocycles. The summed E-state index contributed by atoms with van der Waals surface area (Å²) in [6.45, 7) is 6.19. The molecular weight excluding hydrogens is 340 g/mol. The molecule has 1 aromatic carbocycles. The van der Waals surface area contributed by atoms with Crippen LogP contribution in [0.1, 0.15) is 52.9 Å². The fourth-order valence-corrected chi connectivity index (χ4v) is 3.03. The van der Waals surface area contributed by atoms with Crippen molar-refractivity contribution in [2.75, 3.05) is 12.3 Å². The second kappa shape index (κ2) is 11.0. The first-order valence-electron chi connectivity index (χ1n) is 8.62. The van der Waals surface area contributed by atoms with Crippen LogP contribution in [0, 0.1) is 10.1 Å². The molecule has 6 nitrogen and oxygen atoms in total. The molecule has 0 spiro atoms. The predicted molar refractivity (Wildman–Crippen MR) is 101 cm³/mol. The summed E-state index contributed by atoms with van der Waals surface area (Å²) in [6.07, 6.45) is 5.07. The normalized spacial score (nSPS) is 11.2. The highest BCUT2D eigenvalue weighted by Crippen LogP contribution is 2.22. The molecule has 25 heavy (non-hydrogen) atoms. The summed E-state index contributed by atoms with van der Waals surface area (Å²) in [4.78, 5) is 22.7. The average molecular weight is 368 g/mol. The quantitative estimate of drug-likeness (QED) is 0.267.